The maximum absolute atomic E-state index is 13.3. The molecular weight excluding hydrogens is 457 g/mol. The molecule has 35 heavy (non-hydrogen) atoms. The van der Waals surface area contributed by atoms with E-state index in [0.717, 1.165) is 6.07 Å². The van der Waals surface area contributed by atoms with Crippen molar-refractivity contribution in [2.75, 3.05) is 20.8 Å². The molecule has 3 rings (SSSR count). The second kappa shape index (κ2) is 11.9. The minimum absolute atomic E-state index is 0.0754. The van der Waals surface area contributed by atoms with Crippen molar-refractivity contribution < 1.29 is 33.0 Å². The average Bonchev–Trinajstić information content (AvgIpc) is 2.87. The number of benzene rings is 3. The summed E-state index contributed by atoms with van der Waals surface area (Å²) in [5, 5.41) is 6.31. The molecule has 2 amide bonds. The Bertz CT molecular complexity index is 1260. The Morgan fingerprint density at radius 1 is 0.914 bits per heavy atom. The quantitative estimate of drug-likeness (QED) is 0.211. The zero-order valence-electron chi connectivity index (χ0n) is 18.9. The summed E-state index contributed by atoms with van der Waals surface area (Å²) in [7, 11) is 2.94. The highest BCUT2D eigenvalue weighted by Crippen LogP contribution is 2.27. The van der Waals surface area contributed by atoms with E-state index in [2.05, 4.69) is 15.8 Å². The maximum atomic E-state index is 13.3. The Kier molecular flexibility index (Phi) is 8.49. The normalized spacial score (nSPS) is 10.5. The van der Waals surface area contributed by atoms with E-state index in [9.17, 15) is 18.8 Å². The van der Waals surface area contributed by atoms with Crippen LogP contribution in [0.4, 0.5) is 4.39 Å². The molecule has 0 radical (unpaired) electrons. The number of hydrogen-bond donors (Lipinski definition) is 2. The fraction of sp³-hybridized carbons (Fsp3) is 0.120. The van der Waals surface area contributed by atoms with Crippen LogP contribution >= 0.6 is 0 Å². The third kappa shape index (κ3) is 7.13. The number of ether oxygens (including phenoxy) is 3. The van der Waals surface area contributed by atoms with Gasteiger partial charge in [0.2, 0.25) is 0 Å². The number of carbonyl (C=O) groups excluding carboxylic acids is 3. The molecule has 0 aromatic heterocycles. The predicted molar refractivity (Wildman–Crippen MR) is 125 cm³/mol. The summed E-state index contributed by atoms with van der Waals surface area (Å²) < 4.78 is 28.8. The van der Waals surface area contributed by atoms with Gasteiger partial charge in [0.1, 0.15) is 11.6 Å². The van der Waals surface area contributed by atoms with Gasteiger partial charge in [-0.25, -0.2) is 14.6 Å². The van der Waals surface area contributed by atoms with Gasteiger partial charge in [-0.3, -0.25) is 9.59 Å². The maximum Gasteiger partial charge on any atom is 0.343 e. The molecule has 0 aliphatic rings. The molecule has 3 aromatic rings. The van der Waals surface area contributed by atoms with Crippen molar-refractivity contribution in [3.63, 3.8) is 0 Å². The van der Waals surface area contributed by atoms with Gasteiger partial charge < -0.3 is 19.5 Å². The molecule has 9 nitrogen and oxygen atoms in total. The Labute approximate surface area is 200 Å². The number of hydrogen-bond acceptors (Lipinski definition) is 7. The van der Waals surface area contributed by atoms with E-state index in [1.807, 2.05) is 0 Å². The Morgan fingerprint density at radius 3 is 2.43 bits per heavy atom. The molecule has 0 atom stereocenters. The Balaban J connectivity index is 1.50. The lowest BCUT2D eigenvalue weighted by atomic mass is 10.2. The number of nitrogens with zero attached hydrogens (tertiary/aromatic N) is 1. The highest BCUT2D eigenvalue weighted by molar-refractivity contribution is 5.97. The molecular formula is C25H22FN3O6. The van der Waals surface area contributed by atoms with Crippen molar-refractivity contribution >= 4 is 24.0 Å². The summed E-state index contributed by atoms with van der Waals surface area (Å²) in [5.41, 5.74) is 3.19. The highest BCUT2D eigenvalue weighted by atomic mass is 19.1. The van der Waals surface area contributed by atoms with E-state index in [1.165, 1.54) is 50.8 Å². The van der Waals surface area contributed by atoms with Gasteiger partial charge in [-0.15, -0.1) is 0 Å². The largest absolute Gasteiger partial charge is 0.493 e. The Hall–Kier alpha value is -4.73. The molecule has 2 N–H and O–H groups in total. The number of amides is 2. The molecule has 0 aliphatic carbocycles. The van der Waals surface area contributed by atoms with E-state index in [0.29, 0.717) is 22.6 Å². The number of methoxy groups -OCH3 is 2. The van der Waals surface area contributed by atoms with E-state index in [4.69, 9.17) is 14.2 Å². The van der Waals surface area contributed by atoms with Crippen LogP contribution in [0.3, 0.4) is 0 Å². The lowest BCUT2D eigenvalue weighted by Crippen LogP contribution is -2.34. The first kappa shape index (κ1) is 24.9. The summed E-state index contributed by atoms with van der Waals surface area (Å²) in [4.78, 5) is 36.4. The molecule has 10 heteroatoms. The summed E-state index contributed by atoms with van der Waals surface area (Å²) >= 11 is 0. The fourth-order valence-electron chi connectivity index (χ4n) is 2.90. The van der Waals surface area contributed by atoms with Gasteiger partial charge in [0.05, 0.1) is 32.5 Å². The van der Waals surface area contributed by atoms with Crippen molar-refractivity contribution in [2.45, 2.75) is 0 Å². The van der Waals surface area contributed by atoms with Gasteiger partial charge in [-0.05, 0) is 54.1 Å². The average molecular weight is 479 g/mol. The molecule has 0 heterocycles. The Morgan fingerprint density at radius 2 is 1.69 bits per heavy atom. The van der Waals surface area contributed by atoms with Gasteiger partial charge in [0.15, 0.2) is 11.5 Å². The summed E-state index contributed by atoms with van der Waals surface area (Å²) in [6.07, 6.45) is 1.34. The van der Waals surface area contributed by atoms with Crippen molar-refractivity contribution in [2.24, 2.45) is 5.10 Å². The topological polar surface area (TPSA) is 115 Å². The number of hydrazone groups is 1. The number of rotatable bonds is 9. The minimum Gasteiger partial charge on any atom is -0.493 e. The smallest absolute Gasteiger partial charge is 0.343 e. The molecule has 0 bridgehead atoms. The van der Waals surface area contributed by atoms with Crippen LogP contribution in [0, 0.1) is 5.82 Å². The minimum atomic E-state index is -0.711. The lowest BCUT2D eigenvalue weighted by Gasteiger charge is -2.09. The third-order valence-corrected chi connectivity index (χ3v) is 4.59. The first-order valence-corrected chi connectivity index (χ1v) is 10.3. The van der Waals surface area contributed by atoms with Crippen LogP contribution in [0.25, 0.3) is 0 Å². The molecule has 3 aromatic carbocycles. The molecule has 0 unspecified atom stereocenters. The fourth-order valence-corrected chi connectivity index (χ4v) is 2.90. The lowest BCUT2D eigenvalue weighted by molar-refractivity contribution is -0.120. The number of carbonyl (C=O) groups is 3. The SMILES string of the molecule is COc1ccc(C(=O)NCC(=O)N/N=C\c2cccc(OC(=O)c3cccc(F)c3)c2)cc1OC. The second-order valence-corrected chi connectivity index (χ2v) is 7.02. The summed E-state index contributed by atoms with van der Waals surface area (Å²) in [6.45, 7) is -0.310. The first-order chi connectivity index (χ1) is 16.9. The third-order valence-electron chi connectivity index (χ3n) is 4.59. The molecule has 0 saturated heterocycles. The van der Waals surface area contributed by atoms with Gasteiger partial charge >= 0.3 is 5.97 Å². The van der Waals surface area contributed by atoms with Crippen molar-refractivity contribution in [1.29, 1.82) is 0 Å². The molecule has 0 saturated carbocycles. The van der Waals surface area contributed by atoms with Crippen molar-refractivity contribution in [3.05, 3.63) is 89.2 Å². The molecule has 0 spiro atoms. The number of esters is 1. The van der Waals surface area contributed by atoms with Crippen LogP contribution in [-0.4, -0.2) is 44.8 Å². The van der Waals surface area contributed by atoms with E-state index in [1.54, 1.807) is 30.3 Å². The van der Waals surface area contributed by atoms with E-state index >= 15 is 0 Å². The predicted octanol–water partition coefficient (Wildman–Crippen LogP) is 2.94. The second-order valence-electron chi connectivity index (χ2n) is 7.02. The first-order valence-electron chi connectivity index (χ1n) is 10.3. The van der Waals surface area contributed by atoms with Crippen LogP contribution in [0.1, 0.15) is 26.3 Å². The molecule has 0 fully saturated rings. The van der Waals surface area contributed by atoms with Crippen LogP contribution in [0.2, 0.25) is 0 Å². The highest BCUT2D eigenvalue weighted by Gasteiger charge is 2.12. The molecule has 0 aliphatic heterocycles. The van der Waals surface area contributed by atoms with E-state index < -0.39 is 23.6 Å². The zero-order chi connectivity index (χ0) is 25.2. The standard InChI is InChI=1S/C25H22FN3O6/c1-33-21-10-9-17(13-22(21)34-2)24(31)27-15-23(30)29-28-14-16-5-3-8-20(11-16)35-25(32)18-6-4-7-19(26)12-18/h3-14H,15H2,1-2H3,(H,27,31)(H,29,30)/b28-14-. The molecule has 180 valence electrons. The van der Waals surface area contributed by atoms with Crippen LogP contribution in [-0.2, 0) is 4.79 Å². The van der Waals surface area contributed by atoms with Crippen LogP contribution in [0.5, 0.6) is 17.2 Å². The van der Waals surface area contributed by atoms with Gasteiger partial charge in [-0.1, -0.05) is 18.2 Å². The van der Waals surface area contributed by atoms with Gasteiger partial charge in [0.25, 0.3) is 11.8 Å². The number of halogens is 1. The van der Waals surface area contributed by atoms with Crippen molar-refractivity contribution in [1.82, 2.24) is 10.7 Å². The van der Waals surface area contributed by atoms with Crippen LogP contribution in [0.15, 0.2) is 71.8 Å². The summed E-state index contributed by atoms with van der Waals surface area (Å²) in [5.74, 6) is -1.20. The summed E-state index contributed by atoms with van der Waals surface area (Å²) in [6, 6.07) is 16.2. The monoisotopic (exact) mass is 479 g/mol. The van der Waals surface area contributed by atoms with Gasteiger partial charge in [0, 0.05) is 5.56 Å². The van der Waals surface area contributed by atoms with E-state index in [-0.39, 0.29) is 17.9 Å². The van der Waals surface area contributed by atoms with Crippen LogP contribution < -0.4 is 25.0 Å². The number of nitrogens with one attached hydrogen (secondary N) is 2. The van der Waals surface area contributed by atoms with Crippen molar-refractivity contribution in [3.8, 4) is 17.2 Å². The zero-order valence-corrected chi connectivity index (χ0v) is 18.9. The van der Waals surface area contributed by atoms with Gasteiger partial charge in [-0.2, -0.15) is 5.10 Å².